The number of amides is 2. The van der Waals surface area contributed by atoms with E-state index in [9.17, 15) is 14.0 Å². The summed E-state index contributed by atoms with van der Waals surface area (Å²) in [4.78, 5) is 28.6. The van der Waals surface area contributed by atoms with E-state index in [1.807, 2.05) is 55.4 Å². The standard InChI is InChI=1S/C22H26FN3O2/c1-25(2)20(17-9-6-10-19(23)11-17)13-24-22(28)18-12-21(27)26(15-18)14-16-7-4-3-5-8-16/h3-11,18,20H,12-15H2,1-2H3,(H,24,28). The Bertz CT molecular complexity index is 826. The topological polar surface area (TPSA) is 52.7 Å². The highest BCUT2D eigenvalue weighted by molar-refractivity contribution is 5.89. The predicted octanol–water partition coefficient (Wildman–Crippen LogP) is 2.59. The molecule has 1 heterocycles. The van der Waals surface area contributed by atoms with Crippen LogP contribution in [0.4, 0.5) is 4.39 Å². The fourth-order valence-electron chi connectivity index (χ4n) is 3.56. The molecule has 2 unspecified atom stereocenters. The van der Waals surface area contributed by atoms with E-state index >= 15 is 0 Å². The van der Waals surface area contributed by atoms with Crippen LogP contribution >= 0.6 is 0 Å². The average Bonchev–Trinajstić information content (AvgIpc) is 3.03. The van der Waals surface area contributed by atoms with Crippen LogP contribution < -0.4 is 5.32 Å². The molecule has 3 rings (SSSR count). The van der Waals surface area contributed by atoms with Gasteiger partial charge in [0.1, 0.15) is 5.82 Å². The minimum atomic E-state index is -0.355. The van der Waals surface area contributed by atoms with Crippen LogP contribution in [0.5, 0.6) is 0 Å². The normalized spacial score (nSPS) is 17.8. The zero-order chi connectivity index (χ0) is 20.1. The van der Waals surface area contributed by atoms with E-state index in [4.69, 9.17) is 0 Å². The third-order valence-electron chi connectivity index (χ3n) is 5.13. The van der Waals surface area contributed by atoms with Crippen molar-refractivity contribution in [2.24, 2.45) is 5.92 Å². The molecule has 2 aromatic rings. The molecule has 0 aliphatic carbocycles. The number of likely N-dealkylation sites (N-methyl/N-ethyl adjacent to an activating group) is 1. The van der Waals surface area contributed by atoms with Crippen LogP contribution in [0, 0.1) is 11.7 Å². The summed E-state index contributed by atoms with van der Waals surface area (Å²) < 4.78 is 13.6. The first kappa shape index (κ1) is 20.0. The molecule has 5 nitrogen and oxygen atoms in total. The van der Waals surface area contributed by atoms with Crippen LogP contribution in [0.15, 0.2) is 54.6 Å². The summed E-state index contributed by atoms with van der Waals surface area (Å²) >= 11 is 0. The van der Waals surface area contributed by atoms with Gasteiger partial charge in [0.25, 0.3) is 0 Å². The van der Waals surface area contributed by atoms with Gasteiger partial charge in [0.05, 0.1) is 12.0 Å². The molecule has 2 amide bonds. The van der Waals surface area contributed by atoms with Crippen molar-refractivity contribution in [3.63, 3.8) is 0 Å². The van der Waals surface area contributed by atoms with Crippen LogP contribution in [0.1, 0.15) is 23.6 Å². The number of nitrogens with zero attached hydrogens (tertiary/aromatic N) is 2. The molecule has 0 radical (unpaired) electrons. The molecule has 0 aromatic heterocycles. The van der Waals surface area contributed by atoms with Gasteiger partial charge >= 0.3 is 0 Å². The third kappa shape index (κ3) is 4.95. The van der Waals surface area contributed by atoms with Gasteiger partial charge < -0.3 is 15.1 Å². The highest BCUT2D eigenvalue weighted by atomic mass is 19.1. The van der Waals surface area contributed by atoms with Gasteiger partial charge in [-0.1, -0.05) is 42.5 Å². The Morgan fingerprint density at radius 1 is 1.21 bits per heavy atom. The van der Waals surface area contributed by atoms with Crippen molar-refractivity contribution in [2.45, 2.75) is 19.0 Å². The quantitative estimate of drug-likeness (QED) is 0.800. The second kappa shape index (κ2) is 8.97. The number of halogens is 1. The lowest BCUT2D eigenvalue weighted by Gasteiger charge is -2.25. The van der Waals surface area contributed by atoms with Crippen molar-refractivity contribution in [1.29, 1.82) is 0 Å². The lowest BCUT2D eigenvalue weighted by atomic mass is 10.0. The number of rotatable bonds is 7. The Balaban J connectivity index is 1.57. The van der Waals surface area contributed by atoms with Crippen LogP contribution in [-0.4, -0.2) is 48.8 Å². The minimum absolute atomic E-state index is 0.00158. The molecule has 1 aliphatic heterocycles. The predicted molar refractivity (Wildman–Crippen MR) is 106 cm³/mol. The fourth-order valence-corrected chi connectivity index (χ4v) is 3.56. The maximum atomic E-state index is 13.6. The summed E-state index contributed by atoms with van der Waals surface area (Å²) in [6.45, 7) is 1.30. The highest BCUT2D eigenvalue weighted by Gasteiger charge is 2.34. The Labute approximate surface area is 165 Å². The molecule has 6 heteroatoms. The molecular weight excluding hydrogens is 357 g/mol. The van der Waals surface area contributed by atoms with E-state index in [0.29, 0.717) is 19.6 Å². The Morgan fingerprint density at radius 2 is 1.96 bits per heavy atom. The van der Waals surface area contributed by atoms with Crippen molar-refractivity contribution in [2.75, 3.05) is 27.2 Å². The van der Waals surface area contributed by atoms with E-state index in [1.165, 1.54) is 12.1 Å². The second-order valence-corrected chi connectivity index (χ2v) is 7.44. The largest absolute Gasteiger partial charge is 0.354 e. The molecule has 2 atom stereocenters. The van der Waals surface area contributed by atoms with Gasteiger partial charge in [0.2, 0.25) is 11.8 Å². The average molecular weight is 383 g/mol. The SMILES string of the molecule is CN(C)C(CNC(=O)C1CC(=O)N(Cc2ccccc2)C1)c1cccc(F)c1. The van der Waals surface area contributed by atoms with Gasteiger partial charge in [-0.25, -0.2) is 4.39 Å². The maximum absolute atomic E-state index is 13.6. The Hall–Kier alpha value is -2.73. The number of benzene rings is 2. The van der Waals surface area contributed by atoms with Crippen LogP contribution in [0.25, 0.3) is 0 Å². The highest BCUT2D eigenvalue weighted by Crippen LogP contribution is 2.22. The molecule has 1 N–H and O–H groups in total. The summed E-state index contributed by atoms with van der Waals surface area (Å²) in [5.41, 5.74) is 1.86. The monoisotopic (exact) mass is 383 g/mol. The number of hydrogen-bond acceptors (Lipinski definition) is 3. The van der Waals surface area contributed by atoms with Gasteiger partial charge in [0.15, 0.2) is 0 Å². The summed E-state index contributed by atoms with van der Waals surface area (Å²) in [5.74, 6) is -0.786. The van der Waals surface area contributed by atoms with Crippen molar-refractivity contribution >= 4 is 11.8 Å². The van der Waals surface area contributed by atoms with Gasteiger partial charge in [-0.05, 0) is 37.4 Å². The molecular formula is C22H26FN3O2. The lowest BCUT2D eigenvalue weighted by molar-refractivity contribution is -0.129. The molecule has 0 saturated carbocycles. The molecule has 28 heavy (non-hydrogen) atoms. The fraction of sp³-hybridized carbons (Fsp3) is 0.364. The number of carbonyl (C=O) groups is 2. The van der Waals surface area contributed by atoms with Gasteiger partial charge in [-0.15, -0.1) is 0 Å². The van der Waals surface area contributed by atoms with E-state index in [1.54, 1.807) is 11.0 Å². The molecule has 1 saturated heterocycles. The molecule has 2 aromatic carbocycles. The van der Waals surface area contributed by atoms with Crippen LogP contribution in [0.3, 0.4) is 0 Å². The zero-order valence-electron chi connectivity index (χ0n) is 16.3. The number of nitrogens with one attached hydrogen (secondary N) is 1. The first-order valence-corrected chi connectivity index (χ1v) is 9.45. The van der Waals surface area contributed by atoms with Gasteiger partial charge in [-0.2, -0.15) is 0 Å². The smallest absolute Gasteiger partial charge is 0.225 e. The number of carbonyl (C=O) groups excluding carboxylic acids is 2. The van der Waals surface area contributed by atoms with E-state index in [-0.39, 0.29) is 36.0 Å². The second-order valence-electron chi connectivity index (χ2n) is 7.44. The zero-order valence-corrected chi connectivity index (χ0v) is 16.3. The van der Waals surface area contributed by atoms with Crippen LogP contribution in [-0.2, 0) is 16.1 Å². The van der Waals surface area contributed by atoms with Gasteiger partial charge in [-0.3, -0.25) is 9.59 Å². The van der Waals surface area contributed by atoms with Crippen molar-refractivity contribution in [3.8, 4) is 0 Å². The molecule has 0 spiro atoms. The Kier molecular flexibility index (Phi) is 6.41. The Morgan fingerprint density at radius 3 is 2.64 bits per heavy atom. The van der Waals surface area contributed by atoms with Crippen molar-refractivity contribution < 1.29 is 14.0 Å². The molecule has 0 bridgehead atoms. The first-order chi connectivity index (χ1) is 13.4. The van der Waals surface area contributed by atoms with Crippen molar-refractivity contribution in [3.05, 3.63) is 71.5 Å². The first-order valence-electron chi connectivity index (χ1n) is 9.45. The number of likely N-dealkylation sites (tertiary alicyclic amines) is 1. The summed E-state index contributed by atoms with van der Waals surface area (Å²) in [7, 11) is 3.78. The maximum Gasteiger partial charge on any atom is 0.225 e. The van der Waals surface area contributed by atoms with Crippen LogP contribution in [0.2, 0.25) is 0 Å². The van der Waals surface area contributed by atoms with E-state index < -0.39 is 0 Å². The molecule has 1 fully saturated rings. The van der Waals surface area contributed by atoms with E-state index in [2.05, 4.69) is 5.32 Å². The number of hydrogen-bond donors (Lipinski definition) is 1. The third-order valence-corrected chi connectivity index (χ3v) is 5.13. The van der Waals surface area contributed by atoms with Crippen molar-refractivity contribution in [1.82, 2.24) is 15.1 Å². The molecule has 148 valence electrons. The lowest BCUT2D eigenvalue weighted by Crippen LogP contribution is -2.38. The summed E-state index contributed by atoms with van der Waals surface area (Å²) in [6.07, 6.45) is 0.227. The minimum Gasteiger partial charge on any atom is -0.354 e. The van der Waals surface area contributed by atoms with E-state index in [0.717, 1.165) is 11.1 Å². The van der Waals surface area contributed by atoms with Gasteiger partial charge in [0, 0.05) is 26.1 Å². The summed E-state index contributed by atoms with van der Waals surface area (Å²) in [5, 5.41) is 2.95. The summed E-state index contributed by atoms with van der Waals surface area (Å²) in [6, 6.07) is 16.0. The molecule has 1 aliphatic rings.